The standard InChI is InChI=1S/C18H18F2N2O/c19-14-5-3-12(4-6-14)16-10-15(20)7-8-17(16)22-18(23)13-2-1-9-21-11-13/h3-8,10,13,21H,1-2,9,11H2,(H,22,23). The fourth-order valence-corrected chi connectivity index (χ4v) is 2.80. The van der Waals surface area contributed by atoms with Crippen molar-refractivity contribution in [1.82, 2.24) is 5.32 Å². The van der Waals surface area contributed by atoms with Gasteiger partial charge in [-0.1, -0.05) is 12.1 Å². The Morgan fingerprint density at radius 3 is 2.52 bits per heavy atom. The third kappa shape index (κ3) is 3.74. The van der Waals surface area contributed by atoms with Crippen molar-refractivity contribution in [3.8, 4) is 11.1 Å². The van der Waals surface area contributed by atoms with Crippen LogP contribution in [0.15, 0.2) is 42.5 Å². The second-order valence-electron chi connectivity index (χ2n) is 5.73. The van der Waals surface area contributed by atoms with Gasteiger partial charge in [-0.3, -0.25) is 4.79 Å². The smallest absolute Gasteiger partial charge is 0.228 e. The van der Waals surface area contributed by atoms with Crippen molar-refractivity contribution >= 4 is 11.6 Å². The van der Waals surface area contributed by atoms with E-state index in [0.29, 0.717) is 23.4 Å². The van der Waals surface area contributed by atoms with Gasteiger partial charge >= 0.3 is 0 Å². The Balaban J connectivity index is 1.86. The average molecular weight is 316 g/mol. The number of amides is 1. The number of hydrogen-bond acceptors (Lipinski definition) is 2. The lowest BCUT2D eigenvalue weighted by Gasteiger charge is -2.22. The van der Waals surface area contributed by atoms with Gasteiger partial charge in [-0.05, 0) is 55.3 Å². The summed E-state index contributed by atoms with van der Waals surface area (Å²) in [4.78, 5) is 12.4. The molecule has 0 radical (unpaired) electrons. The maximum Gasteiger partial charge on any atom is 0.228 e. The zero-order chi connectivity index (χ0) is 16.2. The predicted octanol–water partition coefficient (Wildman–Crippen LogP) is 3.57. The number of carbonyl (C=O) groups excluding carboxylic acids is 1. The maximum absolute atomic E-state index is 13.6. The second-order valence-corrected chi connectivity index (χ2v) is 5.73. The van der Waals surface area contributed by atoms with Crippen LogP contribution in [0.1, 0.15) is 12.8 Å². The van der Waals surface area contributed by atoms with Crippen molar-refractivity contribution < 1.29 is 13.6 Å². The van der Waals surface area contributed by atoms with Crippen molar-refractivity contribution in [3.05, 3.63) is 54.1 Å². The van der Waals surface area contributed by atoms with E-state index in [9.17, 15) is 13.6 Å². The third-order valence-corrected chi connectivity index (χ3v) is 4.06. The highest BCUT2D eigenvalue weighted by Gasteiger charge is 2.21. The molecule has 3 nitrogen and oxygen atoms in total. The first-order valence-electron chi connectivity index (χ1n) is 7.70. The normalized spacial score (nSPS) is 17.7. The van der Waals surface area contributed by atoms with Crippen LogP contribution in [0.3, 0.4) is 0 Å². The van der Waals surface area contributed by atoms with E-state index < -0.39 is 5.82 Å². The van der Waals surface area contributed by atoms with Crippen LogP contribution in [0, 0.1) is 17.6 Å². The lowest BCUT2D eigenvalue weighted by Crippen LogP contribution is -2.37. The lowest BCUT2D eigenvalue weighted by molar-refractivity contribution is -0.120. The molecule has 1 amide bonds. The monoisotopic (exact) mass is 316 g/mol. The van der Waals surface area contributed by atoms with Crippen LogP contribution < -0.4 is 10.6 Å². The summed E-state index contributed by atoms with van der Waals surface area (Å²) in [6.07, 6.45) is 1.80. The largest absolute Gasteiger partial charge is 0.325 e. The van der Waals surface area contributed by atoms with Gasteiger partial charge in [-0.15, -0.1) is 0 Å². The minimum absolute atomic E-state index is 0.0767. The zero-order valence-corrected chi connectivity index (χ0v) is 12.6. The van der Waals surface area contributed by atoms with E-state index in [0.717, 1.165) is 19.4 Å². The molecular formula is C18H18F2N2O. The van der Waals surface area contributed by atoms with Gasteiger partial charge < -0.3 is 10.6 Å². The van der Waals surface area contributed by atoms with Gasteiger partial charge in [0.15, 0.2) is 0 Å². The summed E-state index contributed by atoms with van der Waals surface area (Å²) in [6, 6.07) is 9.98. The summed E-state index contributed by atoms with van der Waals surface area (Å²) < 4.78 is 26.7. The highest BCUT2D eigenvalue weighted by Crippen LogP contribution is 2.29. The van der Waals surface area contributed by atoms with Crippen molar-refractivity contribution in [3.63, 3.8) is 0 Å². The van der Waals surface area contributed by atoms with E-state index in [2.05, 4.69) is 10.6 Å². The van der Waals surface area contributed by atoms with Crippen LogP contribution in [-0.2, 0) is 4.79 Å². The van der Waals surface area contributed by atoms with E-state index in [1.54, 1.807) is 18.2 Å². The van der Waals surface area contributed by atoms with Crippen LogP contribution in [0.25, 0.3) is 11.1 Å². The zero-order valence-electron chi connectivity index (χ0n) is 12.6. The van der Waals surface area contributed by atoms with Gasteiger partial charge in [0.2, 0.25) is 5.91 Å². The molecule has 0 aromatic heterocycles. The SMILES string of the molecule is O=C(Nc1ccc(F)cc1-c1ccc(F)cc1)C1CCCNC1. The third-order valence-electron chi connectivity index (χ3n) is 4.06. The Kier molecular flexibility index (Phi) is 4.67. The van der Waals surface area contributed by atoms with E-state index >= 15 is 0 Å². The Morgan fingerprint density at radius 1 is 1.09 bits per heavy atom. The topological polar surface area (TPSA) is 41.1 Å². The molecule has 1 fully saturated rings. The number of rotatable bonds is 3. The molecule has 1 aliphatic heterocycles. The molecule has 1 atom stereocenters. The quantitative estimate of drug-likeness (QED) is 0.909. The molecule has 1 aliphatic rings. The van der Waals surface area contributed by atoms with E-state index in [1.165, 1.54) is 24.3 Å². The molecule has 2 N–H and O–H groups in total. The molecule has 1 unspecified atom stereocenters. The molecule has 1 saturated heterocycles. The first kappa shape index (κ1) is 15.6. The number of halogens is 2. The molecule has 0 spiro atoms. The van der Waals surface area contributed by atoms with E-state index in [1.807, 2.05) is 0 Å². The van der Waals surface area contributed by atoms with Crippen LogP contribution in [0.4, 0.5) is 14.5 Å². The van der Waals surface area contributed by atoms with Crippen LogP contribution >= 0.6 is 0 Å². The Hall–Kier alpha value is -2.27. The molecule has 2 aromatic carbocycles. The molecule has 5 heteroatoms. The number of anilines is 1. The molecule has 3 rings (SSSR count). The van der Waals surface area contributed by atoms with E-state index in [4.69, 9.17) is 0 Å². The molecule has 2 aromatic rings. The first-order valence-corrected chi connectivity index (χ1v) is 7.70. The number of carbonyl (C=O) groups is 1. The second kappa shape index (κ2) is 6.87. The number of piperidine rings is 1. The first-order chi connectivity index (χ1) is 11.1. The van der Waals surface area contributed by atoms with Gasteiger partial charge in [0.25, 0.3) is 0 Å². The molecule has 23 heavy (non-hydrogen) atoms. The van der Waals surface area contributed by atoms with Gasteiger partial charge in [-0.2, -0.15) is 0 Å². The summed E-state index contributed by atoms with van der Waals surface area (Å²) in [5.74, 6) is -0.923. The fraction of sp³-hybridized carbons (Fsp3) is 0.278. The predicted molar refractivity (Wildman–Crippen MR) is 86.0 cm³/mol. The molecule has 0 saturated carbocycles. The van der Waals surface area contributed by atoms with Crippen LogP contribution in [0.5, 0.6) is 0 Å². The van der Waals surface area contributed by atoms with Crippen molar-refractivity contribution in [1.29, 1.82) is 0 Å². The van der Waals surface area contributed by atoms with E-state index in [-0.39, 0.29) is 17.6 Å². The van der Waals surface area contributed by atoms with Gasteiger partial charge in [0.1, 0.15) is 11.6 Å². The molecule has 120 valence electrons. The molecule has 1 heterocycles. The number of benzene rings is 2. The van der Waals surface area contributed by atoms with Gasteiger partial charge in [-0.25, -0.2) is 8.78 Å². The van der Waals surface area contributed by atoms with Gasteiger partial charge in [0, 0.05) is 17.8 Å². The number of nitrogens with one attached hydrogen (secondary N) is 2. The number of hydrogen-bond donors (Lipinski definition) is 2. The van der Waals surface area contributed by atoms with Crippen molar-refractivity contribution in [2.75, 3.05) is 18.4 Å². The van der Waals surface area contributed by atoms with Crippen LogP contribution in [-0.4, -0.2) is 19.0 Å². The highest BCUT2D eigenvalue weighted by atomic mass is 19.1. The Morgan fingerprint density at radius 2 is 1.83 bits per heavy atom. The van der Waals surface area contributed by atoms with Gasteiger partial charge in [0.05, 0.1) is 5.92 Å². The molecule has 0 aliphatic carbocycles. The Bertz CT molecular complexity index is 695. The Labute approximate surface area is 133 Å². The maximum atomic E-state index is 13.6. The summed E-state index contributed by atoms with van der Waals surface area (Å²) in [5.41, 5.74) is 1.73. The minimum atomic E-state index is -0.401. The summed E-state index contributed by atoms with van der Waals surface area (Å²) in [5, 5.41) is 6.08. The molecular weight excluding hydrogens is 298 g/mol. The average Bonchev–Trinajstić information content (AvgIpc) is 2.58. The minimum Gasteiger partial charge on any atom is -0.325 e. The summed E-state index contributed by atoms with van der Waals surface area (Å²) in [6.45, 7) is 1.58. The highest BCUT2D eigenvalue weighted by molar-refractivity contribution is 5.97. The van der Waals surface area contributed by atoms with Crippen LogP contribution in [0.2, 0.25) is 0 Å². The summed E-state index contributed by atoms with van der Waals surface area (Å²) in [7, 11) is 0. The fourth-order valence-electron chi connectivity index (χ4n) is 2.80. The van der Waals surface area contributed by atoms with Crippen molar-refractivity contribution in [2.45, 2.75) is 12.8 Å². The summed E-state index contributed by atoms with van der Waals surface area (Å²) >= 11 is 0. The lowest BCUT2D eigenvalue weighted by atomic mass is 9.98. The van der Waals surface area contributed by atoms with Crippen molar-refractivity contribution in [2.24, 2.45) is 5.92 Å². The molecule has 0 bridgehead atoms.